The van der Waals surface area contributed by atoms with Gasteiger partial charge in [-0.25, -0.2) is 14.3 Å². The molecule has 0 radical (unpaired) electrons. The average molecular weight is 349 g/mol. The zero-order chi connectivity index (χ0) is 18.1. The van der Waals surface area contributed by atoms with E-state index in [4.69, 9.17) is 4.74 Å². The third kappa shape index (κ3) is 2.98. The van der Waals surface area contributed by atoms with Gasteiger partial charge in [-0.3, -0.25) is 4.79 Å². The van der Waals surface area contributed by atoms with Crippen LogP contribution in [0, 0.1) is 6.92 Å². The summed E-state index contributed by atoms with van der Waals surface area (Å²) in [6, 6.07) is 7.51. The molecule has 4 rings (SSSR count). The summed E-state index contributed by atoms with van der Waals surface area (Å²) in [5, 5.41) is 4.24. The van der Waals surface area contributed by atoms with Crippen LogP contribution in [0.25, 0.3) is 5.65 Å². The van der Waals surface area contributed by atoms with E-state index in [-0.39, 0.29) is 12.4 Å². The summed E-state index contributed by atoms with van der Waals surface area (Å²) in [5.74, 6) is -0.781. The lowest BCUT2D eigenvalue weighted by Gasteiger charge is -2.16. The maximum atomic E-state index is 12.4. The Morgan fingerprint density at radius 2 is 2.00 bits per heavy atom. The number of carbonyl (C=O) groups excluding carboxylic acids is 2. The van der Waals surface area contributed by atoms with Gasteiger partial charge in [-0.15, -0.1) is 0 Å². The standard InChI is InChI=1S/C20H19N3O3/c1-13-18(19-21-9-4-10-23(19)22-13)20(25)26-12-17(24)16-8-7-14-5-2-3-6-15(14)11-16/h4,7-11H,2-3,5-6,12H2,1H3. The maximum absolute atomic E-state index is 12.4. The van der Waals surface area contributed by atoms with E-state index in [0.717, 1.165) is 19.3 Å². The molecule has 6 nitrogen and oxygen atoms in total. The van der Waals surface area contributed by atoms with Crippen LogP contribution in [0.4, 0.5) is 0 Å². The van der Waals surface area contributed by atoms with Crippen LogP contribution in [0.3, 0.4) is 0 Å². The van der Waals surface area contributed by atoms with Crippen LogP contribution >= 0.6 is 0 Å². The molecule has 3 aromatic rings. The van der Waals surface area contributed by atoms with Crippen LogP contribution in [0.1, 0.15) is 50.4 Å². The molecule has 0 N–H and O–H groups in total. The minimum absolute atomic E-state index is 0.200. The van der Waals surface area contributed by atoms with Crippen molar-refractivity contribution in [1.82, 2.24) is 14.6 Å². The monoisotopic (exact) mass is 349 g/mol. The first-order valence-corrected chi connectivity index (χ1v) is 8.75. The number of nitrogens with zero attached hydrogens (tertiary/aromatic N) is 3. The van der Waals surface area contributed by atoms with Crippen molar-refractivity contribution in [2.45, 2.75) is 32.6 Å². The maximum Gasteiger partial charge on any atom is 0.344 e. The van der Waals surface area contributed by atoms with E-state index in [1.807, 2.05) is 18.2 Å². The van der Waals surface area contributed by atoms with Gasteiger partial charge < -0.3 is 4.74 Å². The number of Topliss-reactive ketones (excluding diaryl/α,β-unsaturated/α-hetero) is 1. The summed E-state index contributed by atoms with van der Waals surface area (Å²) in [4.78, 5) is 29.1. The minimum atomic E-state index is -0.581. The lowest BCUT2D eigenvalue weighted by atomic mass is 9.90. The Labute approximate surface area is 150 Å². The number of aromatic nitrogens is 3. The molecule has 0 saturated heterocycles. The van der Waals surface area contributed by atoms with Crippen molar-refractivity contribution in [3.63, 3.8) is 0 Å². The second-order valence-electron chi connectivity index (χ2n) is 6.54. The van der Waals surface area contributed by atoms with Crippen LogP contribution in [0.15, 0.2) is 36.7 Å². The fourth-order valence-corrected chi connectivity index (χ4v) is 3.43. The molecule has 0 spiro atoms. The van der Waals surface area contributed by atoms with E-state index in [9.17, 15) is 9.59 Å². The number of ketones is 1. The molecule has 0 fully saturated rings. The van der Waals surface area contributed by atoms with Crippen molar-refractivity contribution in [2.75, 3.05) is 6.61 Å². The fourth-order valence-electron chi connectivity index (χ4n) is 3.43. The van der Waals surface area contributed by atoms with Gasteiger partial charge in [-0.2, -0.15) is 5.10 Å². The van der Waals surface area contributed by atoms with Crippen molar-refractivity contribution in [3.05, 3.63) is 64.6 Å². The zero-order valence-electron chi connectivity index (χ0n) is 14.6. The number of carbonyl (C=O) groups is 2. The van der Waals surface area contributed by atoms with Gasteiger partial charge in [0.2, 0.25) is 0 Å². The molecule has 132 valence electrons. The summed E-state index contributed by atoms with van der Waals surface area (Å²) in [5.41, 5.74) is 4.39. The van der Waals surface area contributed by atoms with Gasteiger partial charge in [-0.1, -0.05) is 12.1 Å². The molecule has 0 saturated carbocycles. The second kappa shape index (κ2) is 6.71. The molecule has 2 heterocycles. The number of aryl methyl sites for hydroxylation is 3. The first-order valence-electron chi connectivity index (χ1n) is 8.75. The number of esters is 1. The first-order chi connectivity index (χ1) is 12.6. The lowest BCUT2D eigenvalue weighted by molar-refractivity contribution is 0.0475. The Balaban J connectivity index is 1.49. The van der Waals surface area contributed by atoms with Crippen LogP contribution in [0.5, 0.6) is 0 Å². The Hall–Kier alpha value is -3.02. The number of benzene rings is 1. The summed E-state index contributed by atoms with van der Waals surface area (Å²) < 4.78 is 6.78. The third-order valence-corrected chi connectivity index (χ3v) is 4.78. The summed E-state index contributed by atoms with van der Waals surface area (Å²) in [6.45, 7) is 1.43. The van der Waals surface area contributed by atoms with Crippen LogP contribution in [-0.2, 0) is 17.6 Å². The molecule has 0 atom stereocenters. The van der Waals surface area contributed by atoms with Crippen molar-refractivity contribution < 1.29 is 14.3 Å². The molecule has 1 aromatic carbocycles. The summed E-state index contributed by atoms with van der Waals surface area (Å²) in [6.07, 6.45) is 7.73. The van der Waals surface area contributed by atoms with Gasteiger partial charge in [0.25, 0.3) is 0 Å². The Morgan fingerprint density at radius 3 is 2.85 bits per heavy atom. The normalized spacial score (nSPS) is 13.4. The molecule has 1 aliphatic carbocycles. The Kier molecular flexibility index (Phi) is 4.24. The van der Waals surface area contributed by atoms with Gasteiger partial charge in [0, 0.05) is 18.0 Å². The Bertz CT molecular complexity index is 1010. The number of fused-ring (bicyclic) bond motifs is 2. The van der Waals surface area contributed by atoms with Gasteiger partial charge in [0.15, 0.2) is 18.0 Å². The van der Waals surface area contributed by atoms with Gasteiger partial charge in [0.05, 0.1) is 5.69 Å². The van der Waals surface area contributed by atoms with Gasteiger partial charge in [-0.05, 0) is 55.9 Å². The smallest absolute Gasteiger partial charge is 0.344 e. The molecule has 0 amide bonds. The van der Waals surface area contributed by atoms with E-state index in [0.29, 0.717) is 22.5 Å². The van der Waals surface area contributed by atoms with E-state index in [2.05, 4.69) is 10.1 Å². The first kappa shape index (κ1) is 16.4. The topological polar surface area (TPSA) is 73.6 Å². The number of ether oxygens (including phenoxy) is 1. The highest BCUT2D eigenvalue weighted by Crippen LogP contribution is 2.22. The van der Waals surface area contributed by atoms with Crippen molar-refractivity contribution in [1.29, 1.82) is 0 Å². The summed E-state index contributed by atoms with van der Waals surface area (Å²) in [7, 11) is 0. The highest BCUT2D eigenvalue weighted by Gasteiger charge is 2.21. The van der Waals surface area contributed by atoms with E-state index >= 15 is 0 Å². The third-order valence-electron chi connectivity index (χ3n) is 4.78. The molecule has 26 heavy (non-hydrogen) atoms. The quantitative estimate of drug-likeness (QED) is 0.535. The molecule has 6 heteroatoms. The molecule has 0 bridgehead atoms. The molecule has 2 aromatic heterocycles. The van der Waals surface area contributed by atoms with Crippen molar-refractivity contribution >= 4 is 17.4 Å². The van der Waals surface area contributed by atoms with Crippen molar-refractivity contribution in [3.8, 4) is 0 Å². The SMILES string of the molecule is Cc1nn2cccnc2c1C(=O)OCC(=O)c1ccc2c(c1)CCCC2. The van der Waals surface area contributed by atoms with Crippen LogP contribution < -0.4 is 0 Å². The van der Waals surface area contributed by atoms with Gasteiger partial charge >= 0.3 is 5.97 Å². The van der Waals surface area contributed by atoms with Crippen LogP contribution in [0.2, 0.25) is 0 Å². The lowest BCUT2D eigenvalue weighted by Crippen LogP contribution is -2.16. The zero-order valence-corrected chi connectivity index (χ0v) is 14.6. The number of rotatable bonds is 4. The highest BCUT2D eigenvalue weighted by molar-refractivity contribution is 6.01. The molecular formula is C20H19N3O3. The number of hydrogen-bond donors (Lipinski definition) is 0. The van der Waals surface area contributed by atoms with Crippen molar-refractivity contribution in [2.24, 2.45) is 0 Å². The molecular weight excluding hydrogens is 330 g/mol. The fraction of sp³-hybridized carbons (Fsp3) is 0.300. The summed E-state index contributed by atoms with van der Waals surface area (Å²) >= 11 is 0. The van der Waals surface area contributed by atoms with Crippen LogP contribution in [-0.4, -0.2) is 33.0 Å². The molecule has 1 aliphatic rings. The highest BCUT2D eigenvalue weighted by atomic mass is 16.5. The minimum Gasteiger partial charge on any atom is -0.454 e. The Morgan fingerprint density at radius 1 is 1.19 bits per heavy atom. The van der Waals surface area contributed by atoms with Gasteiger partial charge in [0.1, 0.15) is 5.56 Å². The van der Waals surface area contributed by atoms with E-state index in [1.165, 1.54) is 22.1 Å². The number of hydrogen-bond acceptors (Lipinski definition) is 5. The predicted molar refractivity (Wildman–Crippen MR) is 95.4 cm³/mol. The largest absolute Gasteiger partial charge is 0.454 e. The molecule has 0 unspecified atom stereocenters. The predicted octanol–water partition coefficient (Wildman–Crippen LogP) is 2.96. The second-order valence-corrected chi connectivity index (χ2v) is 6.54. The molecule has 0 aliphatic heterocycles. The van der Waals surface area contributed by atoms with E-state index < -0.39 is 5.97 Å². The van der Waals surface area contributed by atoms with E-state index in [1.54, 1.807) is 25.4 Å². The average Bonchev–Trinajstić information content (AvgIpc) is 3.01.